The van der Waals surface area contributed by atoms with E-state index < -0.39 is 12.1 Å². The van der Waals surface area contributed by atoms with E-state index in [1.54, 1.807) is 6.26 Å². The summed E-state index contributed by atoms with van der Waals surface area (Å²) in [6.07, 6.45) is 2.53. The number of carboxylic acid groups (broad SMARTS) is 1. The van der Waals surface area contributed by atoms with Gasteiger partial charge in [0.25, 0.3) is 0 Å². The van der Waals surface area contributed by atoms with Gasteiger partial charge in [-0.25, -0.2) is 4.79 Å². The monoisotopic (exact) mass is 442 g/mol. The maximum atomic E-state index is 11.9. The molecule has 8 nitrogen and oxygen atoms in total. The molecule has 11 heteroatoms. The molecule has 31 heavy (non-hydrogen) atoms. The minimum Gasteiger partial charge on any atom is -0.475 e. The van der Waals surface area contributed by atoms with E-state index in [2.05, 4.69) is 26.1 Å². The molecule has 1 amide bonds. The molecule has 170 valence electrons. The Kier molecular flexibility index (Phi) is 7.37. The third-order valence-electron chi connectivity index (χ3n) is 5.13. The topological polar surface area (TPSA) is 101 Å². The number of nitrogens with zero attached hydrogens (tertiary/aromatic N) is 3. The molecular weight excluding hydrogens is 417 g/mol. The van der Waals surface area contributed by atoms with Gasteiger partial charge in [-0.05, 0) is 43.4 Å². The Bertz CT molecular complexity index is 862. The number of hydrogen-bond acceptors (Lipinski definition) is 5. The van der Waals surface area contributed by atoms with Crippen molar-refractivity contribution < 1.29 is 32.3 Å². The summed E-state index contributed by atoms with van der Waals surface area (Å²) in [5.74, 6) is -0.936. The fourth-order valence-electron chi connectivity index (χ4n) is 3.46. The minimum absolute atomic E-state index is 0.196. The van der Waals surface area contributed by atoms with E-state index in [9.17, 15) is 18.0 Å². The molecule has 4 rings (SSSR count). The Morgan fingerprint density at radius 2 is 2.03 bits per heavy atom. The molecular formula is C20H25F3N4O4. The summed E-state index contributed by atoms with van der Waals surface area (Å²) < 4.78 is 39.3. The summed E-state index contributed by atoms with van der Waals surface area (Å²) in [5, 5.41) is 14.7. The van der Waals surface area contributed by atoms with Crippen LogP contribution in [0.4, 0.5) is 13.2 Å². The number of carbonyl (C=O) groups excluding carboxylic acids is 1. The van der Waals surface area contributed by atoms with Gasteiger partial charge in [-0.1, -0.05) is 0 Å². The lowest BCUT2D eigenvalue weighted by molar-refractivity contribution is -0.192. The van der Waals surface area contributed by atoms with E-state index >= 15 is 0 Å². The van der Waals surface area contributed by atoms with Crippen LogP contribution < -0.4 is 5.32 Å². The van der Waals surface area contributed by atoms with Crippen molar-refractivity contribution in [3.63, 3.8) is 0 Å². The number of aromatic nitrogens is 2. The number of hydrogen-bond donors (Lipinski definition) is 2. The largest absolute Gasteiger partial charge is 0.490 e. The number of amides is 1. The number of furan rings is 1. The highest BCUT2D eigenvalue weighted by Gasteiger charge is 2.38. The van der Waals surface area contributed by atoms with Gasteiger partial charge in [-0.3, -0.25) is 14.4 Å². The SMILES string of the molecule is O=C(CC1CC1)NCCC1CN(Cc2ccco2)Cc2ccnn21.O=C(O)C(F)(F)F. The summed E-state index contributed by atoms with van der Waals surface area (Å²) in [5.41, 5.74) is 1.22. The summed E-state index contributed by atoms with van der Waals surface area (Å²) in [6.45, 7) is 3.33. The zero-order valence-corrected chi connectivity index (χ0v) is 16.8. The van der Waals surface area contributed by atoms with E-state index in [1.165, 1.54) is 18.5 Å². The van der Waals surface area contributed by atoms with Crippen molar-refractivity contribution in [2.45, 2.75) is 51.0 Å². The normalized spacial score (nSPS) is 18.6. The predicted molar refractivity (Wildman–Crippen MR) is 103 cm³/mol. The molecule has 0 saturated heterocycles. The maximum absolute atomic E-state index is 11.9. The van der Waals surface area contributed by atoms with Crippen LogP contribution in [0.15, 0.2) is 35.1 Å². The van der Waals surface area contributed by atoms with Gasteiger partial charge in [-0.2, -0.15) is 18.3 Å². The van der Waals surface area contributed by atoms with E-state index in [0.717, 1.165) is 31.8 Å². The van der Waals surface area contributed by atoms with Gasteiger partial charge in [0.05, 0.1) is 24.5 Å². The first-order valence-electron chi connectivity index (χ1n) is 10.1. The van der Waals surface area contributed by atoms with Crippen LogP contribution in [0.1, 0.15) is 43.2 Å². The van der Waals surface area contributed by atoms with Gasteiger partial charge in [0.1, 0.15) is 5.76 Å². The van der Waals surface area contributed by atoms with Crippen molar-refractivity contribution in [2.24, 2.45) is 5.92 Å². The van der Waals surface area contributed by atoms with Gasteiger partial charge >= 0.3 is 12.1 Å². The number of halogens is 3. The molecule has 1 aliphatic carbocycles. The molecule has 1 atom stereocenters. The first-order valence-corrected chi connectivity index (χ1v) is 10.1. The Labute approximate surface area is 177 Å². The van der Waals surface area contributed by atoms with Crippen molar-refractivity contribution in [3.8, 4) is 0 Å². The third-order valence-corrected chi connectivity index (χ3v) is 5.13. The second-order valence-corrected chi connectivity index (χ2v) is 7.76. The molecule has 3 heterocycles. The van der Waals surface area contributed by atoms with Crippen molar-refractivity contribution in [3.05, 3.63) is 42.1 Å². The second-order valence-electron chi connectivity index (χ2n) is 7.76. The van der Waals surface area contributed by atoms with Crippen LogP contribution in [0.5, 0.6) is 0 Å². The summed E-state index contributed by atoms with van der Waals surface area (Å²) in [4.78, 5) is 23.1. The van der Waals surface area contributed by atoms with Crippen molar-refractivity contribution in [1.29, 1.82) is 0 Å². The zero-order chi connectivity index (χ0) is 22.4. The molecule has 1 fully saturated rings. The number of nitrogens with one attached hydrogen (secondary N) is 1. The highest BCUT2D eigenvalue weighted by Crippen LogP contribution is 2.32. The Morgan fingerprint density at radius 3 is 2.65 bits per heavy atom. The highest BCUT2D eigenvalue weighted by atomic mass is 19.4. The van der Waals surface area contributed by atoms with Crippen LogP contribution >= 0.6 is 0 Å². The molecule has 1 unspecified atom stereocenters. The first-order chi connectivity index (χ1) is 14.7. The Balaban J connectivity index is 0.000000339. The van der Waals surface area contributed by atoms with Crippen LogP contribution in [0.2, 0.25) is 0 Å². The number of rotatable bonds is 7. The summed E-state index contributed by atoms with van der Waals surface area (Å²) in [6, 6.07) is 6.31. The maximum Gasteiger partial charge on any atom is 0.490 e. The second kappa shape index (κ2) is 9.99. The summed E-state index contributed by atoms with van der Waals surface area (Å²) >= 11 is 0. The number of fused-ring (bicyclic) bond motifs is 1. The standard InChI is InChI=1S/C18H24N4O2.C2HF3O2/c23-18(10-14-3-4-14)19-7-5-15-11-21(13-17-2-1-9-24-17)12-16-6-8-20-22(15)16;3-2(4,5)1(6)7/h1-2,6,8-9,14-15H,3-5,7,10-13H2,(H,19,23);(H,6,7). The number of alkyl halides is 3. The average Bonchev–Trinajstić information content (AvgIpc) is 3.15. The number of aliphatic carboxylic acids is 1. The minimum atomic E-state index is -5.08. The van der Waals surface area contributed by atoms with Gasteiger partial charge in [0.15, 0.2) is 0 Å². The molecule has 0 spiro atoms. The number of carbonyl (C=O) groups is 2. The Morgan fingerprint density at radius 1 is 1.29 bits per heavy atom. The molecule has 2 aromatic heterocycles. The van der Waals surface area contributed by atoms with E-state index in [0.29, 0.717) is 24.9 Å². The molecule has 2 N–H and O–H groups in total. The molecule has 1 aliphatic heterocycles. The fraction of sp³-hybridized carbons (Fsp3) is 0.550. The van der Waals surface area contributed by atoms with Crippen molar-refractivity contribution >= 4 is 11.9 Å². The quantitative estimate of drug-likeness (QED) is 0.684. The molecule has 2 aromatic rings. The van der Waals surface area contributed by atoms with E-state index in [4.69, 9.17) is 14.3 Å². The van der Waals surface area contributed by atoms with Crippen molar-refractivity contribution in [1.82, 2.24) is 20.0 Å². The predicted octanol–water partition coefficient (Wildman–Crippen LogP) is 2.97. The van der Waals surface area contributed by atoms with Crippen molar-refractivity contribution in [2.75, 3.05) is 13.1 Å². The lowest BCUT2D eigenvalue weighted by atomic mass is 10.1. The van der Waals surface area contributed by atoms with Gasteiger partial charge in [0, 0.05) is 32.3 Å². The van der Waals surface area contributed by atoms with Crippen LogP contribution in [0, 0.1) is 5.92 Å². The average molecular weight is 442 g/mol. The van der Waals surface area contributed by atoms with Crippen LogP contribution in [0.3, 0.4) is 0 Å². The molecule has 2 aliphatic rings. The first kappa shape index (κ1) is 22.9. The molecule has 0 radical (unpaired) electrons. The zero-order valence-electron chi connectivity index (χ0n) is 16.8. The molecule has 0 aromatic carbocycles. The lowest BCUT2D eigenvalue weighted by Crippen LogP contribution is -2.38. The van der Waals surface area contributed by atoms with Gasteiger partial charge in [-0.15, -0.1) is 0 Å². The smallest absolute Gasteiger partial charge is 0.475 e. The highest BCUT2D eigenvalue weighted by molar-refractivity contribution is 5.76. The molecule has 1 saturated carbocycles. The molecule has 0 bridgehead atoms. The van der Waals surface area contributed by atoms with Crippen LogP contribution in [-0.4, -0.2) is 50.9 Å². The fourth-order valence-corrected chi connectivity index (χ4v) is 3.46. The number of carboxylic acids is 1. The van der Waals surface area contributed by atoms with E-state index in [-0.39, 0.29) is 5.91 Å². The Hall–Kier alpha value is -2.82. The summed E-state index contributed by atoms with van der Waals surface area (Å²) in [7, 11) is 0. The van der Waals surface area contributed by atoms with Gasteiger partial charge < -0.3 is 14.8 Å². The van der Waals surface area contributed by atoms with E-state index in [1.807, 2.05) is 18.3 Å². The van der Waals surface area contributed by atoms with Crippen LogP contribution in [0.25, 0.3) is 0 Å². The lowest BCUT2D eigenvalue weighted by Gasteiger charge is -2.33. The van der Waals surface area contributed by atoms with Gasteiger partial charge in [0.2, 0.25) is 5.91 Å². The third kappa shape index (κ3) is 7.12. The van der Waals surface area contributed by atoms with Crippen LogP contribution in [-0.2, 0) is 22.7 Å².